The monoisotopic (exact) mass is 357 g/mol. The zero-order valence-electron chi connectivity index (χ0n) is 14.5. The average Bonchev–Trinajstić information content (AvgIpc) is 2.44. The lowest BCUT2D eigenvalue weighted by atomic mass is 9.94. The third-order valence-electron chi connectivity index (χ3n) is 3.73. The van der Waals surface area contributed by atoms with E-state index in [4.69, 9.17) is 9.84 Å². The van der Waals surface area contributed by atoms with E-state index in [1.807, 2.05) is 0 Å². The van der Waals surface area contributed by atoms with Crippen LogP contribution >= 0.6 is 0 Å². The maximum Gasteiger partial charge on any atom is 0.410 e. The van der Waals surface area contributed by atoms with Crippen LogP contribution in [0, 0.1) is 6.92 Å². The van der Waals surface area contributed by atoms with Gasteiger partial charge in [-0.15, -0.1) is 0 Å². The first-order valence-corrected chi connectivity index (χ1v) is 7.84. The Labute approximate surface area is 144 Å². The molecular weight excluding hydrogens is 336 g/mol. The van der Waals surface area contributed by atoms with Crippen LogP contribution in [0.3, 0.4) is 0 Å². The molecular formula is C16H21F2N3O4. The molecule has 1 aromatic rings. The molecule has 1 amide bonds. The number of carboxylic acids is 1. The number of nitrogens with zero attached hydrogens (tertiary/aromatic N) is 3. The standard InChI is InChI=1S/C16H21F2N3O4/c1-9-8-19-12(13(22)23)20-11(9)10-7-16(17,18)5-6-21(10)14(24)25-15(2,3)4/h8,10H,5-7H2,1-4H3,(H,22,23). The smallest absolute Gasteiger partial charge is 0.410 e. The van der Waals surface area contributed by atoms with Crippen molar-refractivity contribution in [1.29, 1.82) is 0 Å². The third kappa shape index (κ3) is 4.61. The molecule has 0 aliphatic carbocycles. The fraction of sp³-hybridized carbons (Fsp3) is 0.625. The number of aromatic nitrogens is 2. The second-order valence-electron chi connectivity index (χ2n) is 7.07. The summed E-state index contributed by atoms with van der Waals surface area (Å²) in [5, 5.41) is 9.05. The Morgan fingerprint density at radius 1 is 1.40 bits per heavy atom. The van der Waals surface area contributed by atoms with Crippen LogP contribution in [0.15, 0.2) is 6.20 Å². The predicted octanol–water partition coefficient (Wildman–Crippen LogP) is 3.19. The number of alkyl halides is 2. The lowest BCUT2D eigenvalue weighted by Gasteiger charge is -2.39. The van der Waals surface area contributed by atoms with Gasteiger partial charge in [0.15, 0.2) is 0 Å². The zero-order chi connectivity index (χ0) is 19.0. The summed E-state index contributed by atoms with van der Waals surface area (Å²) in [6.45, 7) is 6.41. The summed E-state index contributed by atoms with van der Waals surface area (Å²) in [5.41, 5.74) is -0.256. The minimum absolute atomic E-state index is 0.0950. The molecule has 1 aliphatic rings. The first-order valence-electron chi connectivity index (χ1n) is 7.84. The van der Waals surface area contributed by atoms with Crippen molar-refractivity contribution in [2.24, 2.45) is 0 Å². The zero-order valence-corrected chi connectivity index (χ0v) is 14.5. The molecule has 1 atom stereocenters. The molecule has 2 heterocycles. The molecule has 2 rings (SSSR count). The number of aryl methyl sites for hydroxylation is 1. The SMILES string of the molecule is Cc1cnc(C(=O)O)nc1C1CC(F)(F)CCN1C(=O)OC(C)(C)C. The average molecular weight is 357 g/mol. The first kappa shape index (κ1) is 19.0. The molecule has 7 nitrogen and oxygen atoms in total. The Kier molecular flexibility index (Phi) is 4.97. The number of piperidine rings is 1. The van der Waals surface area contributed by atoms with Gasteiger partial charge >= 0.3 is 12.1 Å². The van der Waals surface area contributed by atoms with E-state index in [2.05, 4.69) is 9.97 Å². The minimum atomic E-state index is -2.98. The highest BCUT2D eigenvalue weighted by molar-refractivity contribution is 5.83. The number of likely N-dealkylation sites (tertiary alicyclic amines) is 1. The van der Waals surface area contributed by atoms with Crippen LogP contribution in [0.1, 0.15) is 61.5 Å². The van der Waals surface area contributed by atoms with E-state index >= 15 is 0 Å². The van der Waals surface area contributed by atoms with Crippen LogP contribution in [-0.2, 0) is 4.74 Å². The molecule has 1 saturated heterocycles. The van der Waals surface area contributed by atoms with E-state index in [1.165, 1.54) is 11.1 Å². The maximum atomic E-state index is 14.0. The van der Waals surface area contributed by atoms with Gasteiger partial charge in [-0.25, -0.2) is 28.3 Å². The van der Waals surface area contributed by atoms with E-state index in [0.29, 0.717) is 5.56 Å². The van der Waals surface area contributed by atoms with Gasteiger partial charge in [-0.2, -0.15) is 0 Å². The Morgan fingerprint density at radius 3 is 2.60 bits per heavy atom. The van der Waals surface area contributed by atoms with Crippen LogP contribution < -0.4 is 0 Å². The summed E-state index contributed by atoms with van der Waals surface area (Å²) in [7, 11) is 0. The lowest BCUT2D eigenvalue weighted by molar-refractivity contribution is -0.0817. The van der Waals surface area contributed by atoms with Crippen molar-refractivity contribution in [2.75, 3.05) is 6.54 Å². The highest BCUT2D eigenvalue weighted by atomic mass is 19.3. The third-order valence-corrected chi connectivity index (χ3v) is 3.73. The Morgan fingerprint density at radius 2 is 2.04 bits per heavy atom. The first-order chi connectivity index (χ1) is 11.4. The number of carboxylic acid groups (broad SMARTS) is 1. The highest BCUT2D eigenvalue weighted by Crippen LogP contribution is 2.40. The van der Waals surface area contributed by atoms with Crippen molar-refractivity contribution in [3.05, 3.63) is 23.3 Å². The number of halogens is 2. The molecule has 0 radical (unpaired) electrons. The molecule has 0 saturated carbocycles. The number of carbonyl (C=O) groups is 2. The molecule has 0 aromatic carbocycles. The Hall–Kier alpha value is -2.32. The fourth-order valence-electron chi connectivity index (χ4n) is 2.61. The molecule has 1 unspecified atom stereocenters. The number of ether oxygens (including phenoxy) is 1. The van der Waals surface area contributed by atoms with Gasteiger partial charge in [0.2, 0.25) is 5.82 Å². The van der Waals surface area contributed by atoms with Gasteiger partial charge in [0.1, 0.15) is 5.60 Å². The van der Waals surface area contributed by atoms with Gasteiger partial charge in [0.25, 0.3) is 5.92 Å². The highest BCUT2D eigenvalue weighted by Gasteiger charge is 2.45. The van der Waals surface area contributed by atoms with Crippen LogP contribution in [0.2, 0.25) is 0 Å². The molecule has 9 heteroatoms. The predicted molar refractivity (Wildman–Crippen MR) is 83.6 cm³/mol. The summed E-state index contributed by atoms with van der Waals surface area (Å²) in [4.78, 5) is 32.3. The van der Waals surface area contributed by atoms with E-state index in [9.17, 15) is 18.4 Å². The van der Waals surface area contributed by atoms with Gasteiger partial charge in [0.05, 0.1) is 11.7 Å². The summed E-state index contributed by atoms with van der Waals surface area (Å²) >= 11 is 0. The second-order valence-corrected chi connectivity index (χ2v) is 7.07. The molecule has 0 bridgehead atoms. The molecule has 1 N–H and O–H groups in total. The number of hydrogen-bond acceptors (Lipinski definition) is 5. The van der Waals surface area contributed by atoms with Crippen LogP contribution in [0.4, 0.5) is 13.6 Å². The number of aromatic carboxylic acids is 1. The van der Waals surface area contributed by atoms with Gasteiger partial charge in [-0.3, -0.25) is 4.90 Å². The number of rotatable bonds is 2. The van der Waals surface area contributed by atoms with Crippen molar-refractivity contribution in [3.63, 3.8) is 0 Å². The minimum Gasteiger partial charge on any atom is -0.475 e. The van der Waals surface area contributed by atoms with Crippen molar-refractivity contribution >= 4 is 12.1 Å². The van der Waals surface area contributed by atoms with Gasteiger partial charge in [-0.1, -0.05) is 0 Å². The number of hydrogen-bond donors (Lipinski definition) is 1. The summed E-state index contributed by atoms with van der Waals surface area (Å²) in [6, 6.07) is -1.08. The van der Waals surface area contributed by atoms with E-state index in [-0.39, 0.29) is 12.2 Å². The molecule has 1 aliphatic heterocycles. The van der Waals surface area contributed by atoms with Crippen LogP contribution in [0.5, 0.6) is 0 Å². The molecule has 1 aromatic heterocycles. The maximum absolute atomic E-state index is 14.0. The van der Waals surface area contributed by atoms with Gasteiger partial charge in [-0.05, 0) is 33.3 Å². The van der Waals surface area contributed by atoms with E-state index in [1.54, 1.807) is 27.7 Å². The van der Waals surface area contributed by atoms with Crippen molar-refractivity contribution in [1.82, 2.24) is 14.9 Å². The van der Waals surface area contributed by atoms with Crippen LogP contribution in [0.25, 0.3) is 0 Å². The van der Waals surface area contributed by atoms with E-state index < -0.39 is 48.3 Å². The van der Waals surface area contributed by atoms with Crippen molar-refractivity contribution in [2.45, 2.75) is 58.1 Å². The van der Waals surface area contributed by atoms with Gasteiger partial charge < -0.3 is 9.84 Å². The molecule has 1 fully saturated rings. The lowest BCUT2D eigenvalue weighted by Crippen LogP contribution is -2.47. The second kappa shape index (κ2) is 6.53. The largest absolute Gasteiger partial charge is 0.475 e. The normalized spacial score (nSPS) is 20.2. The molecule has 25 heavy (non-hydrogen) atoms. The number of carbonyl (C=O) groups excluding carboxylic acids is 1. The summed E-state index contributed by atoms with van der Waals surface area (Å²) in [6.07, 6.45) is -0.615. The summed E-state index contributed by atoms with van der Waals surface area (Å²) < 4.78 is 33.2. The molecule has 0 spiro atoms. The number of amides is 1. The van der Waals surface area contributed by atoms with Crippen molar-refractivity contribution in [3.8, 4) is 0 Å². The van der Waals surface area contributed by atoms with Crippen molar-refractivity contribution < 1.29 is 28.2 Å². The fourth-order valence-corrected chi connectivity index (χ4v) is 2.61. The van der Waals surface area contributed by atoms with Crippen LogP contribution in [-0.4, -0.2) is 50.1 Å². The Balaban J connectivity index is 2.43. The Bertz CT molecular complexity index is 688. The van der Waals surface area contributed by atoms with Gasteiger partial charge in [0, 0.05) is 25.6 Å². The quantitative estimate of drug-likeness (QED) is 0.874. The molecule has 138 valence electrons. The topological polar surface area (TPSA) is 92.6 Å². The van der Waals surface area contributed by atoms with E-state index in [0.717, 1.165) is 0 Å². The summed E-state index contributed by atoms with van der Waals surface area (Å²) in [5.74, 6) is -4.85.